The molecule has 94 valence electrons. The molecular formula is C13H13BrN2OS. The summed E-state index contributed by atoms with van der Waals surface area (Å²) in [7, 11) is 0. The van der Waals surface area contributed by atoms with Crippen LogP contribution in [0.5, 0.6) is 0 Å². The highest BCUT2D eigenvalue weighted by Gasteiger charge is 2.45. The molecule has 18 heavy (non-hydrogen) atoms. The van der Waals surface area contributed by atoms with E-state index in [1.807, 2.05) is 18.2 Å². The molecular weight excluding hydrogens is 312 g/mol. The lowest BCUT2D eigenvalue weighted by atomic mass is 10.1. The fraction of sp³-hybridized carbons (Fsp3) is 0.385. The van der Waals surface area contributed by atoms with Gasteiger partial charge in [-0.2, -0.15) is 0 Å². The highest BCUT2D eigenvalue weighted by atomic mass is 79.9. The fourth-order valence-corrected chi connectivity index (χ4v) is 3.52. The summed E-state index contributed by atoms with van der Waals surface area (Å²) in [6, 6.07) is 8.13. The van der Waals surface area contributed by atoms with Crippen LogP contribution < -0.4 is 5.32 Å². The van der Waals surface area contributed by atoms with Crippen LogP contribution in [-0.2, 0) is 4.79 Å². The molecule has 2 atom stereocenters. The van der Waals surface area contributed by atoms with E-state index in [2.05, 4.69) is 32.3 Å². The molecule has 3 rings (SSSR count). The first-order valence-corrected chi connectivity index (χ1v) is 7.76. The van der Waals surface area contributed by atoms with Crippen molar-refractivity contribution in [1.82, 2.24) is 5.32 Å². The zero-order valence-electron chi connectivity index (χ0n) is 9.73. The second-order valence-corrected chi connectivity index (χ2v) is 6.43. The molecule has 2 aliphatic rings. The number of halogens is 1. The van der Waals surface area contributed by atoms with E-state index >= 15 is 0 Å². The lowest BCUT2D eigenvalue weighted by molar-refractivity contribution is -0.120. The van der Waals surface area contributed by atoms with E-state index in [1.54, 1.807) is 11.8 Å². The third-order valence-electron chi connectivity index (χ3n) is 3.25. The number of carbonyl (C=O) groups is 1. The Hall–Kier alpha value is -0.810. The van der Waals surface area contributed by atoms with E-state index in [1.165, 1.54) is 5.56 Å². The molecule has 1 aliphatic carbocycles. The van der Waals surface area contributed by atoms with Crippen LogP contribution in [0.1, 0.15) is 17.9 Å². The number of hydrogen-bond acceptors (Lipinski definition) is 3. The minimum absolute atomic E-state index is 0.104. The van der Waals surface area contributed by atoms with Crippen molar-refractivity contribution in [3.05, 3.63) is 34.3 Å². The van der Waals surface area contributed by atoms with Crippen molar-refractivity contribution in [3.63, 3.8) is 0 Å². The number of amidine groups is 1. The van der Waals surface area contributed by atoms with E-state index < -0.39 is 0 Å². The topological polar surface area (TPSA) is 41.5 Å². The molecule has 0 saturated heterocycles. The van der Waals surface area contributed by atoms with Gasteiger partial charge in [-0.3, -0.25) is 9.79 Å². The van der Waals surface area contributed by atoms with Crippen molar-refractivity contribution >= 4 is 38.8 Å². The number of benzene rings is 1. The third-order valence-corrected chi connectivity index (χ3v) is 4.86. The van der Waals surface area contributed by atoms with E-state index in [4.69, 9.17) is 0 Å². The first kappa shape index (κ1) is 12.2. The van der Waals surface area contributed by atoms with Gasteiger partial charge in [0.2, 0.25) is 5.91 Å². The maximum atomic E-state index is 12.0. The van der Waals surface area contributed by atoms with E-state index in [9.17, 15) is 4.79 Å². The molecule has 1 heterocycles. The molecule has 0 aromatic heterocycles. The summed E-state index contributed by atoms with van der Waals surface area (Å²) in [6.45, 7) is 0.818. The quantitative estimate of drug-likeness (QED) is 0.908. The van der Waals surface area contributed by atoms with Gasteiger partial charge in [0.15, 0.2) is 5.17 Å². The third kappa shape index (κ3) is 2.47. The lowest BCUT2D eigenvalue weighted by Gasteiger charge is -2.05. The minimum atomic E-state index is 0.104. The van der Waals surface area contributed by atoms with Gasteiger partial charge in [-0.1, -0.05) is 45.9 Å². The van der Waals surface area contributed by atoms with Gasteiger partial charge in [0, 0.05) is 16.1 Å². The first-order chi connectivity index (χ1) is 8.75. The van der Waals surface area contributed by atoms with Crippen LogP contribution in [0, 0.1) is 5.92 Å². The molecule has 1 aromatic carbocycles. The Morgan fingerprint density at radius 2 is 2.28 bits per heavy atom. The Labute approximate surface area is 119 Å². The predicted molar refractivity (Wildman–Crippen MR) is 77.9 cm³/mol. The number of carbonyl (C=O) groups excluding carboxylic acids is 1. The van der Waals surface area contributed by atoms with Crippen molar-refractivity contribution in [2.45, 2.75) is 12.3 Å². The van der Waals surface area contributed by atoms with Gasteiger partial charge in [-0.05, 0) is 24.0 Å². The van der Waals surface area contributed by atoms with Crippen molar-refractivity contribution in [2.75, 3.05) is 12.3 Å². The molecule has 5 heteroatoms. The van der Waals surface area contributed by atoms with Gasteiger partial charge in [0.1, 0.15) is 0 Å². The van der Waals surface area contributed by atoms with Crippen LogP contribution in [0.3, 0.4) is 0 Å². The average molecular weight is 325 g/mol. The highest BCUT2D eigenvalue weighted by Crippen LogP contribution is 2.49. The van der Waals surface area contributed by atoms with Gasteiger partial charge >= 0.3 is 0 Å². The summed E-state index contributed by atoms with van der Waals surface area (Å²) in [5.74, 6) is 1.55. The Morgan fingerprint density at radius 1 is 1.44 bits per heavy atom. The normalized spacial score (nSPS) is 25.7. The van der Waals surface area contributed by atoms with Crippen molar-refractivity contribution in [1.29, 1.82) is 0 Å². The zero-order valence-corrected chi connectivity index (χ0v) is 12.1. The summed E-state index contributed by atoms with van der Waals surface area (Å²) < 4.78 is 1.10. The monoisotopic (exact) mass is 324 g/mol. The average Bonchev–Trinajstić information content (AvgIpc) is 3.00. The highest BCUT2D eigenvalue weighted by molar-refractivity contribution is 9.10. The number of nitrogens with one attached hydrogen (secondary N) is 1. The molecule has 1 fully saturated rings. The molecule has 0 spiro atoms. The predicted octanol–water partition coefficient (Wildman–Crippen LogP) is 2.77. The number of aliphatic imine (C=N–C) groups is 1. The zero-order chi connectivity index (χ0) is 12.5. The largest absolute Gasteiger partial charge is 0.305 e. The Bertz CT molecular complexity index is 517. The molecule has 3 nitrogen and oxygen atoms in total. The Balaban J connectivity index is 1.63. The molecule has 0 unspecified atom stereocenters. The van der Waals surface area contributed by atoms with Crippen molar-refractivity contribution in [3.8, 4) is 0 Å². The maximum Gasteiger partial charge on any atom is 0.229 e. The van der Waals surface area contributed by atoms with Crippen LogP contribution >= 0.6 is 27.7 Å². The first-order valence-electron chi connectivity index (χ1n) is 5.98. The minimum Gasteiger partial charge on any atom is -0.305 e. The Morgan fingerprint density at radius 3 is 3.00 bits per heavy atom. The Kier molecular flexibility index (Phi) is 3.43. The second-order valence-electron chi connectivity index (χ2n) is 4.49. The summed E-state index contributed by atoms with van der Waals surface area (Å²) in [5.41, 5.74) is 1.23. The van der Waals surface area contributed by atoms with Crippen LogP contribution in [0.2, 0.25) is 0 Å². The number of rotatable bonds is 2. The second kappa shape index (κ2) is 5.05. The van der Waals surface area contributed by atoms with Crippen LogP contribution in [0.4, 0.5) is 0 Å². The van der Waals surface area contributed by atoms with Gasteiger partial charge in [-0.15, -0.1) is 0 Å². The summed E-state index contributed by atoms with van der Waals surface area (Å²) >= 11 is 5.17. The molecule has 1 aromatic rings. The standard InChI is InChI=1S/C13H13BrN2OS/c14-11-4-2-1-3-8(11)9-7-10(9)12(17)16-13-15-5-6-18-13/h1-4,9-10H,5-7H2,(H,15,16,17)/t9-,10-/m1/s1. The number of hydrogen-bond donors (Lipinski definition) is 1. The summed E-state index contributed by atoms with van der Waals surface area (Å²) in [4.78, 5) is 16.3. The number of nitrogens with zero attached hydrogens (tertiary/aromatic N) is 1. The summed E-state index contributed by atoms with van der Waals surface area (Å²) in [5, 5.41) is 3.71. The van der Waals surface area contributed by atoms with Crippen molar-refractivity contribution in [2.24, 2.45) is 10.9 Å². The molecule has 1 saturated carbocycles. The van der Waals surface area contributed by atoms with E-state index in [0.29, 0.717) is 5.92 Å². The molecule has 0 radical (unpaired) electrons. The summed E-state index contributed by atoms with van der Waals surface area (Å²) in [6.07, 6.45) is 0.937. The fourth-order valence-electron chi connectivity index (χ4n) is 2.21. The molecule has 1 amide bonds. The van der Waals surface area contributed by atoms with Gasteiger partial charge in [0.05, 0.1) is 6.54 Å². The van der Waals surface area contributed by atoms with E-state index in [0.717, 1.165) is 28.4 Å². The van der Waals surface area contributed by atoms with Crippen LogP contribution in [0.25, 0.3) is 0 Å². The van der Waals surface area contributed by atoms with Crippen LogP contribution in [0.15, 0.2) is 33.7 Å². The van der Waals surface area contributed by atoms with Crippen LogP contribution in [-0.4, -0.2) is 23.4 Å². The van der Waals surface area contributed by atoms with Gasteiger partial charge < -0.3 is 5.32 Å². The SMILES string of the molecule is O=C(NC1=NCCS1)[C@@H]1C[C@@H]1c1ccccc1Br. The van der Waals surface area contributed by atoms with Gasteiger partial charge in [0.25, 0.3) is 0 Å². The molecule has 1 aliphatic heterocycles. The maximum absolute atomic E-state index is 12.0. The lowest BCUT2D eigenvalue weighted by Crippen LogP contribution is -2.29. The number of thioether (sulfide) groups is 1. The smallest absolute Gasteiger partial charge is 0.229 e. The van der Waals surface area contributed by atoms with Crippen molar-refractivity contribution < 1.29 is 4.79 Å². The molecule has 0 bridgehead atoms. The number of amides is 1. The van der Waals surface area contributed by atoms with Gasteiger partial charge in [-0.25, -0.2) is 0 Å². The van der Waals surface area contributed by atoms with E-state index in [-0.39, 0.29) is 11.8 Å². The molecule has 1 N–H and O–H groups in total.